The minimum Gasteiger partial charge on any atom is -0.273 e. The van der Waals surface area contributed by atoms with Crippen LogP contribution in [0, 0.1) is 11.5 Å². The Morgan fingerprint density at radius 2 is 1.74 bits per heavy atom. The fraction of sp³-hybridized carbons (Fsp3) is 0.400. The topological polar surface area (TPSA) is 9.23 Å². The van der Waals surface area contributed by atoms with Gasteiger partial charge in [0.25, 0.3) is 0 Å². The third-order valence-corrected chi connectivity index (χ3v) is 3.54. The molecule has 0 heterocycles. The van der Waals surface area contributed by atoms with Crippen molar-refractivity contribution in [2.24, 2.45) is 5.41 Å². The zero-order valence-corrected chi connectivity index (χ0v) is 19.7. The van der Waals surface area contributed by atoms with Gasteiger partial charge in [-0.2, -0.15) is 6.08 Å². The number of allylic oxidation sites excluding steroid dienone is 7. The Hall–Kier alpha value is -1.44. The molecule has 0 N–H and O–H groups in total. The molecule has 0 saturated heterocycles. The van der Waals surface area contributed by atoms with Crippen LogP contribution in [0.2, 0.25) is 0 Å². The second-order valence-electron chi connectivity index (χ2n) is 7.56. The first-order chi connectivity index (χ1) is 12.7. The summed E-state index contributed by atoms with van der Waals surface area (Å²) >= 11 is 2.08. The van der Waals surface area contributed by atoms with Crippen LogP contribution < -0.4 is 4.74 Å². The van der Waals surface area contributed by atoms with Crippen LogP contribution in [0.4, 0.5) is 0 Å². The summed E-state index contributed by atoms with van der Waals surface area (Å²) in [5.41, 5.74) is 2.71. The van der Waals surface area contributed by atoms with Crippen LogP contribution in [-0.2, 0) is 20.0 Å². The molecular formula is C25H35OTi. The Morgan fingerprint density at radius 1 is 1.15 bits per heavy atom. The minimum atomic E-state index is 0.124. The van der Waals surface area contributed by atoms with Gasteiger partial charge in [0, 0.05) is 0 Å². The van der Waals surface area contributed by atoms with Crippen LogP contribution in [-0.4, -0.2) is 10.4 Å². The van der Waals surface area contributed by atoms with Gasteiger partial charge in [-0.05, 0) is 37.0 Å². The van der Waals surface area contributed by atoms with Gasteiger partial charge in [-0.25, -0.2) is 12.2 Å². The molecular weight excluding hydrogens is 364 g/mol. The van der Waals surface area contributed by atoms with Crippen molar-refractivity contribution in [3.8, 4) is 5.75 Å². The third-order valence-electron chi connectivity index (χ3n) is 3.54. The van der Waals surface area contributed by atoms with Crippen LogP contribution in [0.1, 0.15) is 54.9 Å². The first-order valence-electron chi connectivity index (χ1n) is 9.42. The summed E-state index contributed by atoms with van der Waals surface area (Å²) < 4.78 is 7.26. The van der Waals surface area contributed by atoms with Gasteiger partial charge in [0.1, 0.15) is 12.4 Å². The Morgan fingerprint density at radius 3 is 2.11 bits per heavy atom. The normalized spacial score (nSPS) is 13.4. The Balaban J connectivity index is 0.000000613. The molecule has 1 aliphatic rings. The van der Waals surface area contributed by atoms with E-state index in [2.05, 4.69) is 92.7 Å². The molecule has 0 amide bonds. The van der Waals surface area contributed by atoms with Gasteiger partial charge in [-0.15, -0.1) is 6.42 Å². The standard InChI is InChI=1S/C17H24O.C5H5.C3H6.Ti/c1-6-14(2)12-15(17(3,4)5)13-18-16-10-8-7-9-11-16;1-2-4-5-3-1;1-3-2;/h6-12H,13H2,1-5H3;1-3H,4H2;1-2H3;/q;-1;;+1. The van der Waals surface area contributed by atoms with Crippen LogP contribution in [0.3, 0.4) is 0 Å². The molecule has 0 bridgehead atoms. The van der Waals surface area contributed by atoms with E-state index in [1.807, 2.05) is 42.5 Å². The molecule has 2 rings (SSSR count). The van der Waals surface area contributed by atoms with E-state index < -0.39 is 0 Å². The molecule has 0 aliphatic heterocycles. The molecule has 145 valence electrons. The van der Waals surface area contributed by atoms with Crippen molar-refractivity contribution >= 4 is 3.81 Å². The van der Waals surface area contributed by atoms with Crippen LogP contribution >= 0.6 is 0 Å². The largest absolute Gasteiger partial charge is 0.273 e. The van der Waals surface area contributed by atoms with Crippen molar-refractivity contribution in [1.29, 1.82) is 0 Å². The summed E-state index contributed by atoms with van der Waals surface area (Å²) in [6, 6.07) is 9.96. The van der Waals surface area contributed by atoms with Crippen molar-refractivity contribution in [2.45, 2.75) is 54.9 Å². The Labute approximate surface area is 178 Å². The zero-order chi connectivity index (χ0) is 20.7. The summed E-state index contributed by atoms with van der Waals surface area (Å²) in [4.78, 5) is 0. The molecule has 0 radical (unpaired) electrons. The van der Waals surface area contributed by atoms with Crippen LogP contribution in [0.15, 0.2) is 71.9 Å². The Kier molecular flexibility index (Phi) is 13.8. The van der Waals surface area contributed by atoms with Crippen molar-refractivity contribution in [1.82, 2.24) is 0 Å². The summed E-state index contributed by atoms with van der Waals surface area (Å²) in [6.45, 7) is 15.6. The summed E-state index contributed by atoms with van der Waals surface area (Å²) in [7, 11) is 0. The molecule has 27 heavy (non-hydrogen) atoms. The molecule has 0 fully saturated rings. The van der Waals surface area contributed by atoms with Crippen molar-refractivity contribution in [3.63, 3.8) is 0 Å². The van der Waals surface area contributed by atoms with E-state index in [-0.39, 0.29) is 5.41 Å². The zero-order valence-electron chi connectivity index (χ0n) is 18.1. The third kappa shape index (κ3) is 15.3. The number of ether oxygens (including phenoxy) is 1. The first kappa shape index (κ1) is 25.6. The number of para-hydroxylation sites is 1. The van der Waals surface area contributed by atoms with E-state index in [0.717, 1.165) is 12.2 Å². The second kappa shape index (κ2) is 14.6. The van der Waals surface area contributed by atoms with E-state index in [1.54, 1.807) is 0 Å². The molecule has 2 heteroatoms. The monoisotopic (exact) mass is 399 g/mol. The van der Waals surface area contributed by atoms with Gasteiger partial charge in [0.2, 0.25) is 0 Å². The van der Waals surface area contributed by atoms with Gasteiger partial charge in [0.15, 0.2) is 0 Å². The van der Waals surface area contributed by atoms with Crippen molar-refractivity contribution in [3.05, 3.63) is 77.9 Å². The fourth-order valence-electron chi connectivity index (χ4n) is 1.85. The predicted molar refractivity (Wildman–Crippen MR) is 117 cm³/mol. The molecule has 0 atom stereocenters. The maximum Gasteiger partial charge on any atom is -0.109 e. The molecule has 1 aromatic rings. The fourth-order valence-corrected chi connectivity index (χ4v) is 1.85. The second-order valence-corrected chi connectivity index (χ2v) is 9.12. The molecule has 0 aromatic heterocycles. The van der Waals surface area contributed by atoms with Crippen molar-refractivity contribution in [2.75, 3.05) is 6.61 Å². The van der Waals surface area contributed by atoms with E-state index in [4.69, 9.17) is 4.74 Å². The molecule has 1 aromatic carbocycles. The SMILES string of the molecule is CC=C(C)C=C(COc1ccccc1)C(C)(C)C.C[C](C)=[Ti+].[C-]1=CC=CC1. The first-order valence-corrected chi connectivity index (χ1v) is 10.2. The van der Waals surface area contributed by atoms with Gasteiger partial charge in [0.05, 0.1) is 0 Å². The molecule has 1 nitrogen and oxygen atoms in total. The van der Waals surface area contributed by atoms with Crippen molar-refractivity contribution < 1.29 is 24.7 Å². The number of hydrogen-bond acceptors (Lipinski definition) is 1. The Bertz CT molecular complexity index is 641. The average molecular weight is 399 g/mol. The van der Waals surface area contributed by atoms with Gasteiger partial charge >= 0.3 is 37.6 Å². The van der Waals surface area contributed by atoms with Crippen LogP contribution in [0.5, 0.6) is 5.75 Å². The molecule has 0 spiro atoms. The minimum absolute atomic E-state index is 0.124. The van der Waals surface area contributed by atoms with E-state index in [1.165, 1.54) is 15.0 Å². The quantitative estimate of drug-likeness (QED) is 0.299. The number of hydrogen-bond donors (Lipinski definition) is 0. The van der Waals surface area contributed by atoms with Gasteiger partial charge in [-0.3, -0.25) is 6.08 Å². The number of rotatable bonds is 4. The van der Waals surface area contributed by atoms with E-state index in [9.17, 15) is 0 Å². The molecule has 0 saturated carbocycles. The summed E-state index contributed by atoms with van der Waals surface area (Å²) in [6.07, 6.45) is 14.3. The summed E-state index contributed by atoms with van der Waals surface area (Å²) in [5, 5.41) is 0. The van der Waals surface area contributed by atoms with E-state index in [0.29, 0.717) is 6.61 Å². The number of benzene rings is 1. The van der Waals surface area contributed by atoms with Gasteiger partial charge in [-0.1, -0.05) is 56.7 Å². The summed E-state index contributed by atoms with van der Waals surface area (Å²) in [5.74, 6) is 0.922. The van der Waals surface area contributed by atoms with Crippen LogP contribution in [0.25, 0.3) is 0 Å². The maximum absolute atomic E-state index is 5.84. The average Bonchev–Trinajstić information content (AvgIpc) is 3.17. The molecule has 0 unspecified atom stereocenters. The molecule has 1 aliphatic carbocycles. The van der Waals surface area contributed by atoms with Gasteiger partial charge < -0.3 is 4.74 Å². The predicted octanol–water partition coefficient (Wildman–Crippen LogP) is 7.06. The van der Waals surface area contributed by atoms with E-state index >= 15 is 0 Å². The maximum atomic E-state index is 5.84. The smallest absolute Gasteiger partial charge is 0.109 e.